The maximum absolute atomic E-state index is 9.15. The van der Waals surface area contributed by atoms with Crippen molar-refractivity contribution in [2.45, 2.75) is 6.92 Å². The number of benzene rings is 7. The van der Waals surface area contributed by atoms with E-state index in [9.17, 15) is 0 Å². The smallest absolute Gasteiger partial charge is 0.143 e. The molecule has 0 N–H and O–H groups in total. The Bertz CT molecular complexity index is 2540. The molecule has 1 heterocycles. The first-order chi connectivity index (χ1) is 22.1. The predicted octanol–water partition coefficient (Wildman–Crippen LogP) is 10.7. The number of aryl methyl sites for hydroxylation is 1. The SMILES string of the molecule is [2H]c1c([2H])c([2H])c2c(-c3ccc4oc5c6ccccc6c(C)cc5c4c3)c3c([2H])c([2H])c([2H])c([2H])c3c(-c3ccccc3)c2c1[2H]. The fourth-order valence-electron chi connectivity index (χ4n) is 5.74. The van der Waals surface area contributed by atoms with E-state index in [4.69, 9.17) is 15.4 Å². The molecule has 0 aliphatic heterocycles. The van der Waals surface area contributed by atoms with Crippen LogP contribution in [0.1, 0.15) is 16.5 Å². The highest BCUT2D eigenvalue weighted by molar-refractivity contribution is 6.23. The Kier molecular flexibility index (Phi) is 3.13. The number of fused-ring (bicyclic) bond motifs is 7. The van der Waals surface area contributed by atoms with E-state index in [0.29, 0.717) is 27.8 Å². The number of hydrogen-bond donors (Lipinski definition) is 0. The molecule has 0 fully saturated rings. The van der Waals surface area contributed by atoms with E-state index in [1.807, 2.05) is 43.3 Å². The third-order valence-corrected chi connectivity index (χ3v) is 7.41. The molecule has 0 unspecified atom stereocenters. The Hall–Kier alpha value is -4.88. The van der Waals surface area contributed by atoms with Crippen LogP contribution in [-0.4, -0.2) is 0 Å². The Morgan fingerprint density at radius 3 is 1.74 bits per heavy atom. The second-order valence-electron chi connectivity index (χ2n) is 9.54. The van der Waals surface area contributed by atoms with Crippen molar-refractivity contribution in [1.29, 1.82) is 0 Å². The standard InChI is InChI=1S/C37H24O/c1-23-21-33-32-22-25(19-20-34(32)38-37(33)31-18-10-5-13-26(23)31)36-29-16-8-6-14-27(29)35(24-11-3-2-4-12-24)28-15-7-9-17-30(28)36/h2-22H,1H3/i6D,7D,8D,9D,14D,15D,16D,17D. The first-order valence-electron chi connectivity index (χ1n) is 16.5. The maximum atomic E-state index is 9.15. The van der Waals surface area contributed by atoms with Crippen molar-refractivity contribution in [3.8, 4) is 22.3 Å². The van der Waals surface area contributed by atoms with Gasteiger partial charge in [0.1, 0.15) is 11.2 Å². The summed E-state index contributed by atoms with van der Waals surface area (Å²) in [7, 11) is 0. The highest BCUT2D eigenvalue weighted by atomic mass is 16.3. The summed E-state index contributed by atoms with van der Waals surface area (Å²) in [5.41, 5.74) is 4.22. The van der Waals surface area contributed by atoms with Crippen molar-refractivity contribution >= 4 is 54.3 Å². The zero-order valence-electron chi connectivity index (χ0n) is 28.4. The summed E-state index contributed by atoms with van der Waals surface area (Å²) in [6.07, 6.45) is 0. The van der Waals surface area contributed by atoms with E-state index in [2.05, 4.69) is 12.1 Å². The molecule has 8 rings (SSSR count). The van der Waals surface area contributed by atoms with Crippen molar-refractivity contribution in [3.05, 3.63) is 133 Å². The summed E-state index contributed by atoms with van der Waals surface area (Å²) in [6, 6.07) is 21.8. The molecule has 0 bridgehead atoms. The second-order valence-corrected chi connectivity index (χ2v) is 9.54. The van der Waals surface area contributed by atoms with Crippen molar-refractivity contribution in [3.63, 3.8) is 0 Å². The maximum Gasteiger partial charge on any atom is 0.143 e. The minimum atomic E-state index is -0.421. The zero-order chi connectivity index (χ0) is 32.2. The van der Waals surface area contributed by atoms with Gasteiger partial charge in [-0.3, -0.25) is 0 Å². The minimum Gasteiger partial charge on any atom is -0.455 e. The van der Waals surface area contributed by atoms with Gasteiger partial charge in [-0.25, -0.2) is 0 Å². The molecular formula is C37H24O. The Labute approximate surface area is 231 Å². The van der Waals surface area contributed by atoms with Crippen LogP contribution in [0, 0.1) is 6.92 Å². The van der Waals surface area contributed by atoms with Gasteiger partial charge in [-0.15, -0.1) is 0 Å². The molecule has 1 aromatic heterocycles. The third-order valence-electron chi connectivity index (χ3n) is 7.41. The second kappa shape index (κ2) is 8.06. The lowest BCUT2D eigenvalue weighted by Gasteiger charge is -2.17. The molecule has 0 saturated heterocycles. The molecule has 0 aliphatic rings. The van der Waals surface area contributed by atoms with E-state index in [-0.39, 0.29) is 45.7 Å². The largest absolute Gasteiger partial charge is 0.455 e. The first kappa shape index (κ1) is 14.8. The summed E-state index contributed by atoms with van der Waals surface area (Å²) in [5.74, 6) is 0. The molecule has 38 heavy (non-hydrogen) atoms. The monoisotopic (exact) mass is 492 g/mol. The molecule has 0 spiro atoms. The van der Waals surface area contributed by atoms with Crippen LogP contribution >= 0.6 is 0 Å². The molecule has 0 radical (unpaired) electrons. The predicted molar refractivity (Wildman–Crippen MR) is 162 cm³/mol. The molecule has 0 amide bonds. The molecule has 1 heteroatoms. The summed E-state index contributed by atoms with van der Waals surface area (Å²) in [5, 5.41) is 4.50. The number of hydrogen-bond acceptors (Lipinski definition) is 1. The number of rotatable bonds is 2. The van der Waals surface area contributed by atoms with E-state index in [1.165, 1.54) is 0 Å². The summed E-state index contributed by atoms with van der Waals surface area (Å²) < 4.78 is 77.3. The van der Waals surface area contributed by atoms with Gasteiger partial charge < -0.3 is 4.42 Å². The average Bonchev–Trinajstić information content (AvgIpc) is 3.45. The van der Waals surface area contributed by atoms with Crippen molar-refractivity contribution in [2.24, 2.45) is 0 Å². The van der Waals surface area contributed by atoms with Gasteiger partial charge in [-0.05, 0) is 79.9 Å². The Balaban J connectivity index is 1.63. The van der Waals surface area contributed by atoms with Crippen molar-refractivity contribution < 1.29 is 15.4 Å². The molecule has 178 valence electrons. The van der Waals surface area contributed by atoms with E-state index in [0.717, 1.165) is 32.7 Å². The fourth-order valence-corrected chi connectivity index (χ4v) is 5.74. The van der Waals surface area contributed by atoms with Gasteiger partial charge in [0.25, 0.3) is 0 Å². The van der Waals surface area contributed by atoms with Gasteiger partial charge in [-0.2, -0.15) is 0 Å². The normalized spacial score (nSPS) is 14.8. The molecule has 0 atom stereocenters. The Morgan fingerprint density at radius 1 is 0.500 bits per heavy atom. The fraction of sp³-hybridized carbons (Fsp3) is 0.0270. The number of furan rings is 1. The van der Waals surface area contributed by atoms with Crippen LogP contribution in [0.3, 0.4) is 0 Å². The molecule has 1 nitrogen and oxygen atoms in total. The van der Waals surface area contributed by atoms with E-state index < -0.39 is 24.2 Å². The van der Waals surface area contributed by atoms with Crippen LogP contribution in [0.2, 0.25) is 0 Å². The van der Waals surface area contributed by atoms with Crippen LogP contribution in [0.25, 0.3) is 76.5 Å². The lowest BCUT2D eigenvalue weighted by Crippen LogP contribution is -1.90. The Morgan fingerprint density at radius 2 is 1.08 bits per heavy atom. The molecular weight excluding hydrogens is 460 g/mol. The van der Waals surface area contributed by atoms with Crippen molar-refractivity contribution in [1.82, 2.24) is 0 Å². The van der Waals surface area contributed by atoms with Gasteiger partial charge in [0.15, 0.2) is 0 Å². The van der Waals surface area contributed by atoms with Crippen LogP contribution in [0.5, 0.6) is 0 Å². The minimum absolute atomic E-state index is 0.191. The third kappa shape index (κ3) is 2.99. The van der Waals surface area contributed by atoms with Crippen LogP contribution in [-0.2, 0) is 0 Å². The summed E-state index contributed by atoms with van der Waals surface area (Å²) >= 11 is 0. The van der Waals surface area contributed by atoms with Gasteiger partial charge in [0.05, 0.1) is 11.0 Å². The molecule has 7 aromatic carbocycles. The quantitative estimate of drug-likeness (QED) is 0.219. The van der Waals surface area contributed by atoms with Gasteiger partial charge in [0, 0.05) is 16.2 Å². The molecule has 0 aliphatic carbocycles. The topological polar surface area (TPSA) is 13.1 Å². The summed E-state index contributed by atoms with van der Waals surface area (Å²) in [4.78, 5) is 0. The first-order valence-corrected chi connectivity index (χ1v) is 12.5. The average molecular weight is 493 g/mol. The van der Waals surface area contributed by atoms with Gasteiger partial charge in [-0.1, -0.05) is 109 Å². The van der Waals surface area contributed by atoms with Gasteiger partial charge >= 0.3 is 0 Å². The van der Waals surface area contributed by atoms with Crippen LogP contribution < -0.4 is 0 Å². The lowest BCUT2D eigenvalue weighted by atomic mass is 9.86. The zero-order valence-corrected chi connectivity index (χ0v) is 20.4. The highest BCUT2D eigenvalue weighted by Gasteiger charge is 2.18. The van der Waals surface area contributed by atoms with Crippen LogP contribution in [0.4, 0.5) is 0 Å². The van der Waals surface area contributed by atoms with E-state index in [1.54, 1.807) is 30.3 Å². The highest BCUT2D eigenvalue weighted by Crippen LogP contribution is 2.45. The lowest BCUT2D eigenvalue weighted by molar-refractivity contribution is 0.672. The van der Waals surface area contributed by atoms with Crippen LogP contribution in [0.15, 0.2) is 132 Å². The van der Waals surface area contributed by atoms with Gasteiger partial charge in [0.2, 0.25) is 0 Å². The summed E-state index contributed by atoms with van der Waals surface area (Å²) in [6.45, 7) is 2.04. The molecule has 0 saturated carbocycles. The molecule has 8 aromatic rings. The van der Waals surface area contributed by atoms with E-state index >= 15 is 0 Å². The van der Waals surface area contributed by atoms with Crippen molar-refractivity contribution in [2.75, 3.05) is 0 Å².